The van der Waals surface area contributed by atoms with Gasteiger partial charge in [-0.3, -0.25) is 0 Å². The van der Waals surface area contributed by atoms with E-state index in [1.54, 1.807) is 0 Å². The SMILES string of the molecule is CN(CC(C#N)C(F)(F)F)C1CCS(=O)(=O)C1. The van der Waals surface area contributed by atoms with E-state index in [1.165, 1.54) is 18.0 Å². The van der Waals surface area contributed by atoms with Gasteiger partial charge in [-0.05, 0) is 13.5 Å². The number of alkyl halides is 3. The molecule has 1 saturated heterocycles. The average Bonchev–Trinajstić information content (AvgIpc) is 2.53. The van der Waals surface area contributed by atoms with Crippen LogP contribution in [-0.4, -0.2) is 50.6 Å². The van der Waals surface area contributed by atoms with Crippen LogP contribution < -0.4 is 0 Å². The normalized spacial score (nSPS) is 25.8. The average molecular weight is 270 g/mol. The second-order valence-corrected chi connectivity index (χ2v) is 6.45. The van der Waals surface area contributed by atoms with E-state index in [2.05, 4.69) is 0 Å². The molecule has 2 unspecified atom stereocenters. The fraction of sp³-hybridized carbons (Fsp3) is 0.889. The summed E-state index contributed by atoms with van der Waals surface area (Å²) in [6, 6.07) is 0.783. The minimum atomic E-state index is -4.57. The molecule has 98 valence electrons. The number of halogens is 3. The molecule has 1 heterocycles. The van der Waals surface area contributed by atoms with Gasteiger partial charge in [-0.2, -0.15) is 18.4 Å². The second kappa shape index (κ2) is 4.82. The van der Waals surface area contributed by atoms with Crippen LogP contribution in [0.4, 0.5) is 13.2 Å². The lowest BCUT2D eigenvalue weighted by Gasteiger charge is -2.26. The van der Waals surface area contributed by atoms with Gasteiger partial charge in [0.2, 0.25) is 0 Å². The van der Waals surface area contributed by atoms with E-state index in [4.69, 9.17) is 5.26 Å². The van der Waals surface area contributed by atoms with E-state index in [0.29, 0.717) is 6.42 Å². The molecule has 0 spiro atoms. The number of nitriles is 1. The van der Waals surface area contributed by atoms with Gasteiger partial charge in [0.25, 0.3) is 0 Å². The summed E-state index contributed by atoms with van der Waals surface area (Å²) in [5, 5.41) is 8.44. The number of sulfone groups is 1. The number of nitrogens with zero attached hydrogens (tertiary/aromatic N) is 2. The van der Waals surface area contributed by atoms with E-state index < -0.39 is 34.5 Å². The molecule has 1 aliphatic heterocycles. The molecule has 0 bridgehead atoms. The standard InChI is InChI=1S/C9H13F3N2O2S/c1-14(5-7(4-13)9(10,11)12)8-2-3-17(15,16)6-8/h7-8H,2-3,5-6H2,1H3. The lowest BCUT2D eigenvalue weighted by atomic mass is 10.1. The molecule has 0 aromatic heterocycles. The van der Waals surface area contributed by atoms with Crippen LogP contribution in [0.3, 0.4) is 0 Å². The summed E-state index contributed by atoms with van der Waals surface area (Å²) >= 11 is 0. The molecule has 0 amide bonds. The van der Waals surface area contributed by atoms with Crippen molar-refractivity contribution in [2.75, 3.05) is 25.1 Å². The highest BCUT2D eigenvalue weighted by Crippen LogP contribution is 2.27. The molecule has 0 aliphatic carbocycles. The van der Waals surface area contributed by atoms with Gasteiger partial charge in [0.15, 0.2) is 15.8 Å². The molecule has 2 atom stereocenters. The first kappa shape index (κ1) is 14.3. The zero-order chi connectivity index (χ0) is 13.3. The topological polar surface area (TPSA) is 61.2 Å². The Bertz CT molecular complexity index is 413. The minimum Gasteiger partial charge on any atom is -0.301 e. The highest BCUT2D eigenvalue weighted by atomic mass is 32.2. The Morgan fingerprint density at radius 3 is 2.47 bits per heavy atom. The van der Waals surface area contributed by atoms with E-state index in [-0.39, 0.29) is 11.5 Å². The maximum atomic E-state index is 12.4. The molecule has 0 radical (unpaired) electrons. The fourth-order valence-corrected chi connectivity index (χ4v) is 3.58. The van der Waals surface area contributed by atoms with E-state index >= 15 is 0 Å². The van der Waals surface area contributed by atoms with Gasteiger partial charge in [-0.15, -0.1) is 0 Å². The van der Waals surface area contributed by atoms with Crippen LogP contribution in [-0.2, 0) is 9.84 Å². The Balaban J connectivity index is 2.61. The van der Waals surface area contributed by atoms with Crippen LogP contribution in [0.1, 0.15) is 6.42 Å². The molecule has 8 heteroatoms. The number of hydrogen-bond acceptors (Lipinski definition) is 4. The lowest BCUT2D eigenvalue weighted by molar-refractivity contribution is -0.163. The first-order chi connectivity index (χ1) is 7.65. The first-order valence-corrected chi connectivity index (χ1v) is 6.85. The molecule has 17 heavy (non-hydrogen) atoms. The third kappa shape index (κ3) is 3.85. The van der Waals surface area contributed by atoms with Gasteiger partial charge >= 0.3 is 6.18 Å². The molecule has 4 nitrogen and oxygen atoms in total. The maximum Gasteiger partial charge on any atom is 0.405 e. The monoisotopic (exact) mass is 270 g/mol. The quantitative estimate of drug-likeness (QED) is 0.761. The van der Waals surface area contributed by atoms with Gasteiger partial charge in [0.1, 0.15) is 0 Å². The molecule has 1 rings (SSSR count). The largest absolute Gasteiger partial charge is 0.405 e. The number of hydrogen-bond donors (Lipinski definition) is 0. The van der Waals surface area contributed by atoms with Crippen LogP contribution in [0.2, 0.25) is 0 Å². The Hall–Kier alpha value is -0.810. The maximum absolute atomic E-state index is 12.4. The molecule has 0 aromatic carbocycles. The summed E-state index contributed by atoms with van der Waals surface area (Å²) in [5.74, 6) is -2.19. The van der Waals surface area contributed by atoms with Crippen molar-refractivity contribution in [2.24, 2.45) is 5.92 Å². The predicted molar refractivity (Wildman–Crippen MR) is 54.8 cm³/mol. The molecule has 0 saturated carbocycles. The zero-order valence-electron chi connectivity index (χ0n) is 9.24. The Morgan fingerprint density at radius 2 is 2.12 bits per heavy atom. The summed E-state index contributed by atoms with van der Waals surface area (Å²) in [4.78, 5) is 1.31. The summed E-state index contributed by atoms with van der Waals surface area (Å²) in [6.07, 6.45) is -4.24. The third-order valence-electron chi connectivity index (χ3n) is 2.85. The summed E-state index contributed by atoms with van der Waals surface area (Å²) in [5.41, 5.74) is 0. The van der Waals surface area contributed by atoms with Gasteiger partial charge < -0.3 is 4.90 Å². The van der Waals surface area contributed by atoms with Gasteiger partial charge in [-0.25, -0.2) is 8.42 Å². The fourth-order valence-electron chi connectivity index (χ4n) is 1.78. The molecule has 1 aliphatic rings. The van der Waals surface area contributed by atoms with Gasteiger partial charge in [0, 0.05) is 12.6 Å². The van der Waals surface area contributed by atoms with Crippen molar-refractivity contribution in [2.45, 2.75) is 18.6 Å². The smallest absolute Gasteiger partial charge is 0.301 e. The van der Waals surface area contributed by atoms with Crippen LogP contribution >= 0.6 is 0 Å². The predicted octanol–water partition coefficient (Wildman–Crippen LogP) is 0.807. The van der Waals surface area contributed by atoms with Crippen molar-refractivity contribution in [1.82, 2.24) is 4.90 Å². The Morgan fingerprint density at radius 1 is 1.53 bits per heavy atom. The minimum absolute atomic E-state index is 0.00520. The molecule has 1 fully saturated rings. The van der Waals surface area contributed by atoms with Crippen molar-refractivity contribution in [3.8, 4) is 6.07 Å². The van der Waals surface area contributed by atoms with E-state index in [0.717, 1.165) is 0 Å². The van der Waals surface area contributed by atoms with Crippen LogP contribution in [0.15, 0.2) is 0 Å². The van der Waals surface area contributed by atoms with Crippen LogP contribution in [0.25, 0.3) is 0 Å². The van der Waals surface area contributed by atoms with Crippen molar-refractivity contribution < 1.29 is 21.6 Å². The van der Waals surface area contributed by atoms with Crippen molar-refractivity contribution >= 4 is 9.84 Å². The van der Waals surface area contributed by atoms with Crippen molar-refractivity contribution in [1.29, 1.82) is 5.26 Å². The Labute approximate surface area is 97.9 Å². The van der Waals surface area contributed by atoms with Crippen LogP contribution in [0.5, 0.6) is 0 Å². The van der Waals surface area contributed by atoms with Gasteiger partial charge in [0.05, 0.1) is 17.6 Å². The highest BCUT2D eigenvalue weighted by molar-refractivity contribution is 7.91. The third-order valence-corrected chi connectivity index (χ3v) is 4.60. The highest BCUT2D eigenvalue weighted by Gasteiger charge is 2.42. The van der Waals surface area contributed by atoms with E-state index in [1.807, 2.05) is 0 Å². The summed E-state index contributed by atoms with van der Waals surface area (Å²) in [7, 11) is -1.71. The summed E-state index contributed by atoms with van der Waals surface area (Å²) in [6.45, 7) is -0.486. The Kier molecular flexibility index (Phi) is 4.04. The van der Waals surface area contributed by atoms with E-state index in [9.17, 15) is 21.6 Å². The van der Waals surface area contributed by atoms with Crippen LogP contribution in [0, 0.1) is 17.2 Å². The molecule has 0 N–H and O–H groups in total. The second-order valence-electron chi connectivity index (χ2n) is 4.22. The lowest BCUT2D eigenvalue weighted by Crippen LogP contribution is -2.40. The van der Waals surface area contributed by atoms with Crippen molar-refractivity contribution in [3.05, 3.63) is 0 Å². The zero-order valence-corrected chi connectivity index (χ0v) is 10.1. The first-order valence-electron chi connectivity index (χ1n) is 5.02. The van der Waals surface area contributed by atoms with Gasteiger partial charge in [-0.1, -0.05) is 0 Å². The number of rotatable bonds is 3. The molecular formula is C9H13F3N2O2S. The molecular weight excluding hydrogens is 257 g/mol. The molecule has 0 aromatic rings. The van der Waals surface area contributed by atoms with Crippen molar-refractivity contribution in [3.63, 3.8) is 0 Å². The summed E-state index contributed by atoms with van der Waals surface area (Å²) < 4.78 is 59.4.